The minimum atomic E-state index is 0.0256. The van der Waals surface area contributed by atoms with E-state index in [2.05, 4.69) is 16.9 Å². The first-order valence-electron chi connectivity index (χ1n) is 7.68. The highest BCUT2D eigenvalue weighted by atomic mass is 32.1. The zero-order valence-electron chi connectivity index (χ0n) is 13.5. The lowest BCUT2D eigenvalue weighted by Gasteiger charge is -2.33. The van der Waals surface area contributed by atoms with E-state index >= 15 is 0 Å². The van der Waals surface area contributed by atoms with Crippen LogP contribution in [0.5, 0.6) is 0 Å². The molecular weight excluding hydrogens is 302 g/mol. The molecule has 7 heteroatoms. The molecule has 1 saturated heterocycles. The number of thiazole rings is 1. The Hall–Kier alpha value is -1.02. The summed E-state index contributed by atoms with van der Waals surface area (Å²) in [7, 11) is 2.07. The number of hydrogen-bond acceptors (Lipinski definition) is 6. The number of carbonyl (C=O) groups excluding carboxylic acids is 1. The van der Waals surface area contributed by atoms with Crippen LogP contribution in [0.15, 0.2) is 11.6 Å². The lowest BCUT2D eigenvalue weighted by atomic mass is 10.2. The van der Waals surface area contributed by atoms with Crippen molar-refractivity contribution in [3.8, 4) is 0 Å². The Morgan fingerprint density at radius 2 is 2.45 bits per heavy atom. The van der Waals surface area contributed by atoms with E-state index in [4.69, 9.17) is 9.47 Å². The van der Waals surface area contributed by atoms with Crippen LogP contribution in [-0.4, -0.2) is 67.9 Å². The predicted molar refractivity (Wildman–Crippen MR) is 87.4 cm³/mol. The summed E-state index contributed by atoms with van der Waals surface area (Å²) in [4.78, 5) is 20.8. The molecule has 0 aromatic carbocycles. The minimum Gasteiger partial charge on any atom is -0.378 e. The SMILES string of the molecule is CC(C)OCCC(=O)N(C[C@@H]1CN(C)CCO1)c1nccs1. The number of aromatic nitrogens is 1. The summed E-state index contributed by atoms with van der Waals surface area (Å²) in [6.07, 6.45) is 2.24. The zero-order valence-corrected chi connectivity index (χ0v) is 14.3. The number of nitrogens with zero attached hydrogens (tertiary/aromatic N) is 3. The van der Waals surface area contributed by atoms with Crippen molar-refractivity contribution >= 4 is 22.4 Å². The van der Waals surface area contributed by atoms with Gasteiger partial charge in [-0.1, -0.05) is 0 Å². The summed E-state index contributed by atoms with van der Waals surface area (Å²) in [5.41, 5.74) is 0. The minimum absolute atomic E-state index is 0.0256. The lowest BCUT2D eigenvalue weighted by Crippen LogP contribution is -2.47. The zero-order chi connectivity index (χ0) is 15.9. The van der Waals surface area contributed by atoms with E-state index in [1.807, 2.05) is 19.2 Å². The standard InChI is InChI=1S/C15H25N3O3S/c1-12(2)20-7-4-14(19)18(15-16-5-9-22-15)11-13-10-17(3)6-8-21-13/h5,9,12-13H,4,6-8,10-11H2,1-3H3/t13-/m0/s1. The molecule has 6 nitrogen and oxygen atoms in total. The molecule has 1 atom stereocenters. The van der Waals surface area contributed by atoms with Crippen LogP contribution in [0, 0.1) is 0 Å². The van der Waals surface area contributed by atoms with Crippen LogP contribution in [0.4, 0.5) is 5.13 Å². The molecule has 2 rings (SSSR count). The fourth-order valence-corrected chi connectivity index (χ4v) is 3.00. The van der Waals surface area contributed by atoms with Crippen LogP contribution in [-0.2, 0) is 14.3 Å². The van der Waals surface area contributed by atoms with Crippen molar-refractivity contribution in [1.29, 1.82) is 0 Å². The number of ether oxygens (including phenoxy) is 2. The van der Waals surface area contributed by atoms with E-state index in [1.54, 1.807) is 11.1 Å². The van der Waals surface area contributed by atoms with Gasteiger partial charge in [0.25, 0.3) is 0 Å². The third kappa shape index (κ3) is 5.31. The summed E-state index contributed by atoms with van der Waals surface area (Å²) in [5.74, 6) is 0.0347. The van der Waals surface area contributed by atoms with Gasteiger partial charge in [-0.25, -0.2) is 4.98 Å². The summed E-state index contributed by atoms with van der Waals surface area (Å²) in [5, 5.41) is 2.61. The third-order valence-electron chi connectivity index (χ3n) is 3.45. The molecule has 22 heavy (non-hydrogen) atoms. The summed E-state index contributed by atoms with van der Waals surface area (Å²) in [6.45, 7) is 7.38. The molecule has 1 aromatic heterocycles. The molecule has 0 N–H and O–H groups in total. The molecule has 124 valence electrons. The first-order valence-corrected chi connectivity index (χ1v) is 8.56. The first-order chi connectivity index (χ1) is 10.6. The maximum Gasteiger partial charge on any atom is 0.231 e. The Bertz CT molecular complexity index is 453. The number of amides is 1. The third-order valence-corrected chi connectivity index (χ3v) is 4.24. The second kappa shape index (κ2) is 8.57. The number of hydrogen-bond donors (Lipinski definition) is 0. The molecule has 1 aliphatic rings. The maximum absolute atomic E-state index is 12.5. The maximum atomic E-state index is 12.5. The molecule has 1 amide bonds. The number of morpholine rings is 1. The predicted octanol–water partition coefficient (Wildman–Crippen LogP) is 1.62. The number of carbonyl (C=O) groups is 1. The summed E-state index contributed by atoms with van der Waals surface area (Å²) < 4.78 is 11.3. The Morgan fingerprint density at radius 3 is 3.09 bits per heavy atom. The second-order valence-electron chi connectivity index (χ2n) is 5.74. The monoisotopic (exact) mass is 327 g/mol. The molecule has 1 aliphatic heterocycles. The topological polar surface area (TPSA) is 54.9 Å². The van der Waals surface area contributed by atoms with Gasteiger partial charge < -0.3 is 14.4 Å². The molecular formula is C15H25N3O3S. The molecule has 0 aliphatic carbocycles. The molecule has 0 saturated carbocycles. The Kier molecular flexibility index (Phi) is 6.75. The molecule has 2 heterocycles. The van der Waals surface area contributed by atoms with Gasteiger partial charge in [0.1, 0.15) is 0 Å². The van der Waals surface area contributed by atoms with Gasteiger partial charge in [-0.15, -0.1) is 11.3 Å². The van der Waals surface area contributed by atoms with Crippen molar-refractivity contribution in [3.63, 3.8) is 0 Å². The average Bonchev–Trinajstić information content (AvgIpc) is 2.98. The van der Waals surface area contributed by atoms with Gasteiger partial charge in [0.05, 0.1) is 38.4 Å². The highest BCUT2D eigenvalue weighted by molar-refractivity contribution is 7.13. The lowest BCUT2D eigenvalue weighted by molar-refractivity contribution is -0.120. The van der Waals surface area contributed by atoms with E-state index in [0.717, 1.165) is 18.2 Å². The van der Waals surface area contributed by atoms with Gasteiger partial charge in [-0.2, -0.15) is 0 Å². The molecule has 0 bridgehead atoms. The fourth-order valence-electron chi connectivity index (χ4n) is 2.33. The molecule has 1 aromatic rings. The average molecular weight is 327 g/mol. The number of rotatable bonds is 7. The smallest absolute Gasteiger partial charge is 0.231 e. The fraction of sp³-hybridized carbons (Fsp3) is 0.733. The highest BCUT2D eigenvalue weighted by Gasteiger charge is 2.25. The van der Waals surface area contributed by atoms with Crippen molar-refractivity contribution < 1.29 is 14.3 Å². The quantitative estimate of drug-likeness (QED) is 0.762. The largest absolute Gasteiger partial charge is 0.378 e. The molecule has 0 spiro atoms. The van der Waals surface area contributed by atoms with Crippen LogP contribution in [0.2, 0.25) is 0 Å². The Morgan fingerprint density at radius 1 is 1.64 bits per heavy atom. The highest BCUT2D eigenvalue weighted by Crippen LogP contribution is 2.20. The van der Waals surface area contributed by atoms with Crippen molar-refractivity contribution in [3.05, 3.63) is 11.6 Å². The second-order valence-corrected chi connectivity index (χ2v) is 6.62. The van der Waals surface area contributed by atoms with Crippen molar-refractivity contribution in [2.75, 3.05) is 44.8 Å². The van der Waals surface area contributed by atoms with E-state index in [-0.39, 0.29) is 18.1 Å². The Balaban J connectivity index is 1.95. The van der Waals surface area contributed by atoms with E-state index in [0.29, 0.717) is 26.2 Å². The van der Waals surface area contributed by atoms with Crippen molar-refractivity contribution in [2.24, 2.45) is 0 Å². The van der Waals surface area contributed by atoms with Crippen LogP contribution in [0.1, 0.15) is 20.3 Å². The van der Waals surface area contributed by atoms with Gasteiger partial charge in [0, 0.05) is 24.7 Å². The van der Waals surface area contributed by atoms with Gasteiger partial charge >= 0.3 is 0 Å². The van der Waals surface area contributed by atoms with E-state index in [9.17, 15) is 4.79 Å². The molecule has 1 fully saturated rings. The van der Waals surface area contributed by atoms with E-state index < -0.39 is 0 Å². The van der Waals surface area contributed by atoms with Crippen LogP contribution >= 0.6 is 11.3 Å². The van der Waals surface area contributed by atoms with Gasteiger partial charge in [0.15, 0.2) is 5.13 Å². The van der Waals surface area contributed by atoms with Crippen LogP contribution < -0.4 is 4.90 Å². The van der Waals surface area contributed by atoms with Crippen LogP contribution in [0.3, 0.4) is 0 Å². The molecule has 0 radical (unpaired) electrons. The number of anilines is 1. The van der Waals surface area contributed by atoms with Gasteiger partial charge in [0.2, 0.25) is 5.91 Å². The number of likely N-dealkylation sites (N-methyl/N-ethyl adjacent to an activating group) is 1. The van der Waals surface area contributed by atoms with Crippen LogP contribution in [0.25, 0.3) is 0 Å². The van der Waals surface area contributed by atoms with Gasteiger partial charge in [-0.05, 0) is 20.9 Å². The van der Waals surface area contributed by atoms with E-state index in [1.165, 1.54) is 11.3 Å². The Labute approximate surface area is 136 Å². The normalized spacial score (nSPS) is 19.5. The molecule has 0 unspecified atom stereocenters. The van der Waals surface area contributed by atoms with Gasteiger partial charge in [-0.3, -0.25) is 9.69 Å². The van der Waals surface area contributed by atoms with Crippen molar-refractivity contribution in [2.45, 2.75) is 32.5 Å². The first kappa shape index (κ1) is 17.3. The summed E-state index contributed by atoms with van der Waals surface area (Å²) in [6, 6.07) is 0. The van der Waals surface area contributed by atoms with Crippen molar-refractivity contribution in [1.82, 2.24) is 9.88 Å². The summed E-state index contributed by atoms with van der Waals surface area (Å²) >= 11 is 1.47.